The van der Waals surface area contributed by atoms with E-state index in [1.807, 2.05) is 6.07 Å². The minimum absolute atomic E-state index is 0.260. The molecule has 3 nitrogen and oxygen atoms in total. The number of rotatable bonds is 2. The summed E-state index contributed by atoms with van der Waals surface area (Å²) < 4.78 is 18.3. The van der Waals surface area contributed by atoms with Crippen LogP contribution in [0.3, 0.4) is 0 Å². The fraction of sp³-hybridized carbons (Fsp3) is 0. The van der Waals surface area contributed by atoms with Crippen LogP contribution in [0.15, 0.2) is 57.0 Å². The number of hydrogen-bond donors (Lipinski definition) is 1. The summed E-state index contributed by atoms with van der Waals surface area (Å²) in [5, 5.41) is 0.516. The van der Waals surface area contributed by atoms with Crippen LogP contribution in [0.2, 0.25) is 0 Å². The molecule has 0 aliphatic rings. The number of nitrogens with two attached hydrogens (primary N) is 1. The monoisotopic (exact) mass is 260 g/mol. The van der Waals surface area contributed by atoms with Crippen LogP contribution in [-0.4, -0.2) is 4.98 Å². The number of fused-ring (bicyclic) bond motifs is 1. The zero-order valence-corrected chi connectivity index (χ0v) is 10.1. The summed E-state index contributed by atoms with van der Waals surface area (Å²) in [6.45, 7) is 0. The van der Waals surface area contributed by atoms with Gasteiger partial charge in [-0.25, -0.2) is 9.37 Å². The molecule has 0 bridgehead atoms. The molecule has 3 rings (SSSR count). The van der Waals surface area contributed by atoms with Crippen molar-refractivity contribution in [1.82, 2.24) is 4.98 Å². The standard InChI is InChI=1S/C13H9FN2OS/c14-8-1-4-10(5-2-8)18-13-16-11-6-3-9(15)7-12(11)17-13/h1-7H,15H2. The third-order valence-corrected chi connectivity index (χ3v) is 3.27. The zero-order valence-electron chi connectivity index (χ0n) is 9.26. The minimum atomic E-state index is -0.260. The number of anilines is 1. The molecule has 5 heteroatoms. The third-order valence-electron chi connectivity index (χ3n) is 2.41. The molecule has 0 aliphatic heterocycles. The number of halogens is 1. The lowest BCUT2D eigenvalue weighted by Crippen LogP contribution is -1.81. The van der Waals surface area contributed by atoms with E-state index in [0.717, 1.165) is 10.4 Å². The van der Waals surface area contributed by atoms with Crippen LogP contribution in [0.1, 0.15) is 0 Å². The molecule has 0 saturated carbocycles. The fourth-order valence-corrected chi connectivity index (χ4v) is 2.32. The lowest BCUT2D eigenvalue weighted by Gasteiger charge is -1.95. The van der Waals surface area contributed by atoms with E-state index in [0.29, 0.717) is 16.5 Å². The van der Waals surface area contributed by atoms with Gasteiger partial charge in [0.05, 0.1) is 0 Å². The largest absolute Gasteiger partial charge is 0.431 e. The second-order valence-electron chi connectivity index (χ2n) is 3.76. The highest BCUT2D eigenvalue weighted by Crippen LogP contribution is 2.30. The summed E-state index contributed by atoms with van der Waals surface area (Å²) in [5.41, 5.74) is 7.71. The normalized spacial score (nSPS) is 10.9. The maximum Gasteiger partial charge on any atom is 0.261 e. The van der Waals surface area contributed by atoms with Crippen molar-refractivity contribution in [3.8, 4) is 0 Å². The Morgan fingerprint density at radius 1 is 1.11 bits per heavy atom. The Kier molecular flexibility index (Phi) is 2.68. The smallest absolute Gasteiger partial charge is 0.261 e. The van der Waals surface area contributed by atoms with Crippen LogP contribution in [0.25, 0.3) is 11.1 Å². The van der Waals surface area contributed by atoms with Crippen LogP contribution in [0, 0.1) is 5.82 Å². The van der Waals surface area contributed by atoms with E-state index in [9.17, 15) is 4.39 Å². The quantitative estimate of drug-likeness (QED) is 0.714. The summed E-state index contributed by atoms with van der Waals surface area (Å²) in [7, 11) is 0. The molecule has 0 amide bonds. The molecular formula is C13H9FN2OS. The number of hydrogen-bond acceptors (Lipinski definition) is 4. The average Bonchev–Trinajstić information content (AvgIpc) is 2.73. The third kappa shape index (κ3) is 2.17. The van der Waals surface area contributed by atoms with Crippen LogP contribution in [0.4, 0.5) is 10.1 Å². The Balaban J connectivity index is 1.92. The second kappa shape index (κ2) is 4.34. The van der Waals surface area contributed by atoms with Gasteiger partial charge in [-0.1, -0.05) is 0 Å². The predicted molar refractivity (Wildman–Crippen MR) is 68.9 cm³/mol. The molecule has 2 aromatic carbocycles. The molecule has 1 aromatic heterocycles. The van der Waals surface area contributed by atoms with Gasteiger partial charge in [-0.2, -0.15) is 0 Å². The van der Waals surface area contributed by atoms with Crippen LogP contribution in [0.5, 0.6) is 0 Å². The Morgan fingerprint density at radius 3 is 2.67 bits per heavy atom. The van der Waals surface area contributed by atoms with Gasteiger partial charge >= 0.3 is 0 Å². The topological polar surface area (TPSA) is 52.0 Å². The molecule has 18 heavy (non-hydrogen) atoms. The summed E-state index contributed by atoms with van der Waals surface area (Å²) in [6.07, 6.45) is 0. The van der Waals surface area contributed by atoms with E-state index in [2.05, 4.69) is 4.98 Å². The molecule has 3 aromatic rings. The molecule has 0 unspecified atom stereocenters. The van der Waals surface area contributed by atoms with E-state index >= 15 is 0 Å². The van der Waals surface area contributed by atoms with Crippen molar-refractivity contribution in [3.05, 3.63) is 48.3 Å². The molecule has 0 saturated heterocycles. The van der Waals surface area contributed by atoms with Crippen molar-refractivity contribution in [2.24, 2.45) is 0 Å². The first kappa shape index (κ1) is 11.1. The van der Waals surface area contributed by atoms with Crippen molar-refractivity contribution in [2.75, 3.05) is 5.73 Å². The maximum atomic E-state index is 12.8. The number of oxazole rings is 1. The Morgan fingerprint density at radius 2 is 1.89 bits per heavy atom. The lowest BCUT2D eigenvalue weighted by atomic mass is 10.3. The summed E-state index contributed by atoms with van der Waals surface area (Å²) in [4.78, 5) is 5.19. The first-order valence-corrected chi connectivity index (χ1v) is 6.12. The van der Waals surface area contributed by atoms with E-state index in [1.165, 1.54) is 23.9 Å². The summed E-state index contributed by atoms with van der Waals surface area (Å²) in [6, 6.07) is 11.5. The Bertz CT molecular complexity index is 694. The number of nitrogen functional groups attached to an aromatic ring is 1. The van der Waals surface area contributed by atoms with Gasteiger partial charge < -0.3 is 10.2 Å². The first-order valence-electron chi connectivity index (χ1n) is 5.30. The van der Waals surface area contributed by atoms with E-state index < -0.39 is 0 Å². The van der Waals surface area contributed by atoms with E-state index in [1.54, 1.807) is 24.3 Å². The molecule has 0 fully saturated rings. The second-order valence-corrected chi connectivity index (χ2v) is 4.79. The zero-order chi connectivity index (χ0) is 12.5. The van der Waals surface area contributed by atoms with E-state index in [-0.39, 0.29) is 5.82 Å². The van der Waals surface area contributed by atoms with Gasteiger partial charge in [-0.05, 0) is 48.2 Å². The predicted octanol–water partition coefficient (Wildman–Crippen LogP) is 3.70. The van der Waals surface area contributed by atoms with Gasteiger partial charge in [0, 0.05) is 16.6 Å². The van der Waals surface area contributed by atoms with Crippen molar-refractivity contribution >= 4 is 28.5 Å². The van der Waals surface area contributed by atoms with Crippen molar-refractivity contribution in [3.63, 3.8) is 0 Å². The summed E-state index contributed by atoms with van der Waals surface area (Å²) >= 11 is 1.34. The van der Waals surface area contributed by atoms with Crippen LogP contribution >= 0.6 is 11.8 Å². The van der Waals surface area contributed by atoms with Crippen molar-refractivity contribution in [2.45, 2.75) is 10.1 Å². The first-order chi connectivity index (χ1) is 8.70. The van der Waals surface area contributed by atoms with Gasteiger partial charge in [0.15, 0.2) is 5.58 Å². The lowest BCUT2D eigenvalue weighted by molar-refractivity contribution is 0.489. The van der Waals surface area contributed by atoms with Gasteiger partial charge in [0.1, 0.15) is 11.3 Å². The molecule has 0 spiro atoms. The Labute approximate surface area is 107 Å². The molecule has 0 radical (unpaired) electrons. The number of aromatic nitrogens is 1. The van der Waals surface area contributed by atoms with Crippen molar-refractivity contribution < 1.29 is 8.81 Å². The Hall–Kier alpha value is -2.01. The fourth-order valence-electron chi connectivity index (χ4n) is 1.57. The highest BCUT2D eigenvalue weighted by atomic mass is 32.2. The van der Waals surface area contributed by atoms with Crippen LogP contribution < -0.4 is 5.73 Å². The molecule has 90 valence electrons. The maximum absolute atomic E-state index is 12.8. The highest BCUT2D eigenvalue weighted by Gasteiger charge is 2.07. The average molecular weight is 260 g/mol. The molecule has 1 heterocycles. The molecule has 0 atom stereocenters. The highest BCUT2D eigenvalue weighted by molar-refractivity contribution is 7.99. The van der Waals surface area contributed by atoms with Crippen molar-refractivity contribution in [1.29, 1.82) is 0 Å². The molecule has 2 N–H and O–H groups in total. The molecule has 0 aliphatic carbocycles. The SMILES string of the molecule is Nc1ccc2nc(Sc3ccc(F)cc3)oc2c1. The van der Waals surface area contributed by atoms with Gasteiger partial charge in [0.2, 0.25) is 0 Å². The van der Waals surface area contributed by atoms with Crippen LogP contribution in [-0.2, 0) is 0 Å². The minimum Gasteiger partial charge on any atom is -0.431 e. The van der Waals surface area contributed by atoms with Gasteiger partial charge in [-0.15, -0.1) is 0 Å². The van der Waals surface area contributed by atoms with Gasteiger partial charge in [-0.3, -0.25) is 0 Å². The van der Waals surface area contributed by atoms with E-state index in [4.69, 9.17) is 10.2 Å². The molecular weight excluding hydrogens is 251 g/mol. The summed E-state index contributed by atoms with van der Waals surface area (Å²) in [5.74, 6) is -0.260. The van der Waals surface area contributed by atoms with Gasteiger partial charge in [0.25, 0.3) is 5.22 Å². The number of benzene rings is 2. The number of nitrogens with zero attached hydrogens (tertiary/aromatic N) is 1.